The minimum absolute atomic E-state index is 0.402. The first-order chi connectivity index (χ1) is 7.84. The van der Waals surface area contributed by atoms with Crippen LogP contribution in [-0.4, -0.2) is 29.5 Å². The Morgan fingerprint density at radius 3 is 3.12 bits per heavy atom. The van der Waals surface area contributed by atoms with E-state index in [1.165, 1.54) is 5.70 Å². The highest BCUT2D eigenvalue weighted by molar-refractivity contribution is 6.29. The smallest absolute Gasteiger partial charge is 0.169 e. The van der Waals surface area contributed by atoms with Crippen molar-refractivity contribution < 1.29 is 0 Å². The Labute approximate surface area is 97.8 Å². The number of fused-ring (bicyclic) bond motifs is 1. The standard InChI is InChI=1S/C10H10ClN5/c11-9-1-2-10(15-14-9)16-8-3-4-12-5-7(8)6-13-16/h1-4,7,13H,5-6H2. The van der Waals surface area contributed by atoms with Crippen molar-refractivity contribution >= 4 is 23.6 Å². The number of nitrogens with one attached hydrogen (secondary N) is 1. The van der Waals surface area contributed by atoms with Gasteiger partial charge in [-0.25, -0.2) is 5.43 Å². The molecule has 3 rings (SSSR count). The largest absolute Gasteiger partial charge is 0.292 e. The molecule has 2 aliphatic heterocycles. The minimum atomic E-state index is 0.402. The van der Waals surface area contributed by atoms with E-state index in [1.807, 2.05) is 23.4 Å². The molecule has 6 heteroatoms. The lowest BCUT2D eigenvalue weighted by molar-refractivity contribution is 0.660. The third kappa shape index (κ3) is 1.58. The molecule has 1 saturated heterocycles. The maximum Gasteiger partial charge on any atom is 0.169 e. The number of nitrogens with zero attached hydrogens (tertiary/aromatic N) is 4. The van der Waals surface area contributed by atoms with Crippen molar-refractivity contribution in [3.8, 4) is 0 Å². The summed E-state index contributed by atoms with van der Waals surface area (Å²) in [4.78, 5) is 4.24. The molecule has 0 radical (unpaired) electrons. The zero-order chi connectivity index (χ0) is 11.0. The van der Waals surface area contributed by atoms with Gasteiger partial charge in [0, 0.05) is 30.9 Å². The van der Waals surface area contributed by atoms with Crippen molar-refractivity contribution in [3.05, 3.63) is 29.1 Å². The molecule has 0 bridgehead atoms. The SMILES string of the molecule is Clc1ccc(N2NCC3CN=CC=C32)nn1. The van der Waals surface area contributed by atoms with E-state index in [0.29, 0.717) is 11.1 Å². The first-order valence-corrected chi connectivity index (χ1v) is 5.45. The zero-order valence-corrected chi connectivity index (χ0v) is 9.22. The number of anilines is 1. The fraction of sp³-hybridized carbons (Fsp3) is 0.300. The normalized spacial score (nSPS) is 23.2. The lowest BCUT2D eigenvalue weighted by Gasteiger charge is -2.20. The van der Waals surface area contributed by atoms with Crippen molar-refractivity contribution in [2.24, 2.45) is 10.9 Å². The molecule has 0 spiro atoms. The number of aromatic nitrogens is 2. The molecule has 16 heavy (non-hydrogen) atoms. The summed E-state index contributed by atoms with van der Waals surface area (Å²) in [5, 5.41) is 10.2. The van der Waals surface area contributed by atoms with Gasteiger partial charge in [-0.3, -0.25) is 10.0 Å². The summed E-state index contributed by atoms with van der Waals surface area (Å²) in [6.07, 6.45) is 3.83. The van der Waals surface area contributed by atoms with Crippen LogP contribution in [0.1, 0.15) is 0 Å². The van der Waals surface area contributed by atoms with Crippen LogP contribution in [0.4, 0.5) is 5.82 Å². The molecule has 82 valence electrons. The molecule has 1 atom stereocenters. The van der Waals surface area contributed by atoms with Crippen LogP contribution >= 0.6 is 11.6 Å². The number of hydrogen-bond acceptors (Lipinski definition) is 5. The van der Waals surface area contributed by atoms with Crippen LogP contribution < -0.4 is 10.4 Å². The van der Waals surface area contributed by atoms with E-state index in [4.69, 9.17) is 11.6 Å². The third-order valence-corrected chi connectivity index (χ3v) is 2.90. The van der Waals surface area contributed by atoms with Crippen LogP contribution in [0.3, 0.4) is 0 Å². The Hall–Kier alpha value is -1.46. The summed E-state index contributed by atoms with van der Waals surface area (Å²) in [5.41, 5.74) is 4.46. The Bertz CT molecular complexity index is 453. The van der Waals surface area contributed by atoms with Gasteiger partial charge in [0.1, 0.15) is 0 Å². The maximum atomic E-state index is 5.71. The second kappa shape index (κ2) is 3.84. The molecule has 5 nitrogen and oxygen atoms in total. The first-order valence-electron chi connectivity index (χ1n) is 5.07. The van der Waals surface area contributed by atoms with Gasteiger partial charge in [-0.05, 0) is 18.2 Å². The molecule has 0 amide bonds. The summed E-state index contributed by atoms with van der Waals surface area (Å²) in [7, 11) is 0. The highest BCUT2D eigenvalue weighted by Crippen LogP contribution is 2.26. The van der Waals surface area contributed by atoms with Gasteiger partial charge < -0.3 is 0 Å². The van der Waals surface area contributed by atoms with Crippen LogP contribution in [0.15, 0.2) is 28.9 Å². The number of hydrogen-bond donors (Lipinski definition) is 1. The fourth-order valence-electron chi connectivity index (χ4n) is 1.91. The van der Waals surface area contributed by atoms with Crippen LogP contribution in [0.2, 0.25) is 5.15 Å². The summed E-state index contributed by atoms with van der Waals surface area (Å²) in [5.74, 6) is 1.19. The van der Waals surface area contributed by atoms with E-state index >= 15 is 0 Å². The molecule has 3 heterocycles. The van der Waals surface area contributed by atoms with Crippen molar-refractivity contribution in [3.63, 3.8) is 0 Å². The molecular formula is C10H10ClN5. The Balaban J connectivity index is 1.93. The summed E-state index contributed by atoms with van der Waals surface area (Å²) < 4.78 is 0. The van der Waals surface area contributed by atoms with Crippen LogP contribution in [0, 0.1) is 5.92 Å². The monoisotopic (exact) mass is 235 g/mol. The second-order valence-electron chi connectivity index (χ2n) is 3.71. The molecule has 1 aromatic rings. The predicted octanol–water partition coefficient (Wildman–Crippen LogP) is 1.04. The fourth-order valence-corrected chi connectivity index (χ4v) is 2.01. The number of aliphatic imine (C=N–C) groups is 1. The third-order valence-electron chi connectivity index (χ3n) is 2.70. The van der Waals surface area contributed by atoms with E-state index in [1.54, 1.807) is 6.07 Å². The van der Waals surface area contributed by atoms with Crippen molar-refractivity contribution in [2.45, 2.75) is 0 Å². The highest BCUT2D eigenvalue weighted by atomic mass is 35.5. The molecule has 1 unspecified atom stereocenters. The maximum absolute atomic E-state index is 5.71. The molecule has 0 aromatic carbocycles. The second-order valence-corrected chi connectivity index (χ2v) is 4.10. The quantitative estimate of drug-likeness (QED) is 0.790. The predicted molar refractivity (Wildman–Crippen MR) is 62.5 cm³/mol. The van der Waals surface area contributed by atoms with Gasteiger partial charge >= 0.3 is 0 Å². The first kappa shape index (κ1) is 9.74. The Morgan fingerprint density at radius 1 is 1.38 bits per heavy atom. The molecular weight excluding hydrogens is 226 g/mol. The topological polar surface area (TPSA) is 53.4 Å². The van der Waals surface area contributed by atoms with Gasteiger partial charge in [0.15, 0.2) is 11.0 Å². The average molecular weight is 236 g/mol. The van der Waals surface area contributed by atoms with Gasteiger partial charge in [-0.2, -0.15) is 0 Å². The van der Waals surface area contributed by atoms with Gasteiger partial charge in [0.2, 0.25) is 0 Å². The number of rotatable bonds is 1. The Kier molecular flexibility index (Phi) is 2.34. The van der Waals surface area contributed by atoms with E-state index in [2.05, 4.69) is 20.6 Å². The van der Waals surface area contributed by atoms with Crippen molar-refractivity contribution in [1.29, 1.82) is 0 Å². The molecule has 1 aromatic heterocycles. The molecule has 0 saturated carbocycles. The van der Waals surface area contributed by atoms with Gasteiger partial charge in [-0.15, -0.1) is 10.2 Å². The summed E-state index contributed by atoms with van der Waals surface area (Å²) >= 11 is 5.71. The van der Waals surface area contributed by atoms with E-state index in [0.717, 1.165) is 18.9 Å². The number of dihydropyridines is 1. The summed E-state index contributed by atoms with van der Waals surface area (Å²) in [6, 6.07) is 3.58. The molecule has 1 fully saturated rings. The van der Waals surface area contributed by atoms with Gasteiger partial charge in [0.05, 0.1) is 0 Å². The van der Waals surface area contributed by atoms with Gasteiger partial charge in [0.25, 0.3) is 0 Å². The minimum Gasteiger partial charge on any atom is -0.292 e. The lowest BCUT2D eigenvalue weighted by atomic mass is 10.1. The van der Waals surface area contributed by atoms with E-state index in [9.17, 15) is 0 Å². The number of allylic oxidation sites excluding steroid dienone is 1. The average Bonchev–Trinajstić information content (AvgIpc) is 2.74. The molecule has 0 aliphatic carbocycles. The Morgan fingerprint density at radius 2 is 2.31 bits per heavy atom. The number of halogens is 1. The number of hydrazine groups is 1. The van der Waals surface area contributed by atoms with Crippen LogP contribution in [0.5, 0.6) is 0 Å². The van der Waals surface area contributed by atoms with Crippen LogP contribution in [0.25, 0.3) is 0 Å². The molecule has 2 aliphatic rings. The molecule has 1 N–H and O–H groups in total. The van der Waals surface area contributed by atoms with E-state index in [-0.39, 0.29) is 0 Å². The van der Waals surface area contributed by atoms with Crippen molar-refractivity contribution in [2.75, 3.05) is 18.1 Å². The zero-order valence-electron chi connectivity index (χ0n) is 8.47. The van der Waals surface area contributed by atoms with Crippen molar-refractivity contribution in [1.82, 2.24) is 15.6 Å². The van der Waals surface area contributed by atoms with Crippen LogP contribution in [-0.2, 0) is 0 Å². The highest BCUT2D eigenvalue weighted by Gasteiger charge is 2.30. The lowest BCUT2D eigenvalue weighted by Crippen LogP contribution is -2.30. The van der Waals surface area contributed by atoms with Gasteiger partial charge in [-0.1, -0.05) is 11.6 Å². The summed E-state index contributed by atoms with van der Waals surface area (Å²) in [6.45, 7) is 1.71. The van der Waals surface area contributed by atoms with E-state index < -0.39 is 0 Å².